The molecule has 0 atom stereocenters. The summed E-state index contributed by atoms with van der Waals surface area (Å²) >= 11 is -0.0525. The molecule has 0 radical (unpaired) electrons. The SMILES string of the molecule is CC(C)OC(=O)CCO[S+](C)C. The van der Waals surface area contributed by atoms with E-state index in [2.05, 4.69) is 0 Å². The summed E-state index contributed by atoms with van der Waals surface area (Å²) in [5, 5.41) is 0. The Kier molecular flexibility index (Phi) is 6.20. The van der Waals surface area contributed by atoms with Crippen LogP contribution in [0.2, 0.25) is 0 Å². The second-order valence-electron chi connectivity index (χ2n) is 2.85. The molecule has 3 nitrogen and oxygen atoms in total. The van der Waals surface area contributed by atoms with Crippen LogP contribution in [0.1, 0.15) is 20.3 Å². The molecule has 0 saturated carbocycles. The second kappa shape index (κ2) is 6.31. The molecule has 0 saturated heterocycles. The third-order valence-electron chi connectivity index (χ3n) is 0.992. The van der Waals surface area contributed by atoms with E-state index in [0.717, 1.165) is 0 Å². The van der Waals surface area contributed by atoms with Crippen LogP contribution < -0.4 is 0 Å². The largest absolute Gasteiger partial charge is 0.463 e. The molecule has 72 valence electrons. The van der Waals surface area contributed by atoms with Gasteiger partial charge in [0.2, 0.25) is 0 Å². The third-order valence-corrected chi connectivity index (χ3v) is 1.63. The zero-order chi connectivity index (χ0) is 9.56. The normalized spacial score (nSPS) is 10.8. The Labute approximate surface area is 77.0 Å². The standard InChI is InChI=1S/C8H17O3S/c1-7(2)11-8(9)5-6-10-12(3)4/h7H,5-6H2,1-4H3/q+1. The molecule has 0 aromatic rings. The zero-order valence-corrected chi connectivity index (χ0v) is 8.94. The van der Waals surface area contributed by atoms with Crippen LogP contribution in [-0.4, -0.2) is 31.2 Å². The molecule has 0 rings (SSSR count). The van der Waals surface area contributed by atoms with Crippen molar-refractivity contribution in [2.24, 2.45) is 0 Å². The highest BCUT2D eigenvalue weighted by molar-refractivity contribution is 7.90. The first-order chi connectivity index (χ1) is 5.52. The molecule has 0 fully saturated rings. The minimum Gasteiger partial charge on any atom is -0.463 e. The molecule has 0 spiro atoms. The molecular weight excluding hydrogens is 176 g/mol. The van der Waals surface area contributed by atoms with Gasteiger partial charge in [-0.05, 0) is 13.8 Å². The van der Waals surface area contributed by atoms with Gasteiger partial charge >= 0.3 is 5.97 Å². The highest BCUT2D eigenvalue weighted by Crippen LogP contribution is 1.96. The number of hydrogen-bond donors (Lipinski definition) is 0. The van der Waals surface area contributed by atoms with Gasteiger partial charge in [-0.15, -0.1) is 0 Å². The van der Waals surface area contributed by atoms with Crippen molar-refractivity contribution < 1.29 is 13.7 Å². The van der Waals surface area contributed by atoms with Crippen LogP contribution >= 0.6 is 0 Å². The lowest BCUT2D eigenvalue weighted by Crippen LogP contribution is -2.14. The van der Waals surface area contributed by atoms with Crippen molar-refractivity contribution in [1.82, 2.24) is 0 Å². The number of ether oxygens (including phenoxy) is 1. The van der Waals surface area contributed by atoms with E-state index >= 15 is 0 Å². The predicted octanol–water partition coefficient (Wildman–Crippen LogP) is 1.14. The molecule has 0 heterocycles. The Balaban J connectivity index is 3.32. The second-order valence-corrected chi connectivity index (χ2v) is 4.57. The van der Waals surface area contributed by atoms with Crippen molar-refractivity contribution in [3.8, 4) is 0 Å². The maximum Gasteiger partial charge on any atom is 0.308 e. The minimum absolute atomic E-state index is 0.0287. The minimum atomic E-state index is -0.185. The van der Waals surface area contributed by atoms with Gasteiger partial charge in [-0.25, -0.2) is 0 Å². The van der Waals surface area contributed by atoms with E-state index in [9.17, 15) is 4.79 Å². The quantitative estimate of drug-likeness (QED) is 0.485. The van der Waals surface area contributed by atoms with E-state index in [0.29, 0.717) is 13.0 Å². The molecule has 0 bridgehead atoms. The van der Waals surface area contributed by atoms with Gasteiger partial charge in [0.1, 0.15) is 30.3 Å². The Hall–Kier alpha value is -0.220. The van der Waals surface area contributed by atoms with Crippen LogP contribution in [0, 0.1) is 0 Å². The maximum absolute atomic E-state index is 10.9. The fourth-order valence-corrected chi connectivity index (χ4v) is 1.03. The monoisotopic (exact) mass is 193 g/mol. The summed E-state index contributed by atoms with van der Waals surface area (Å²) in [6, 6.07) is 0. The molecule has 0 aliphatic carbocycles. The maximum atomic E-state index is 10.9. The van der Waals surface area contributed by atoms with E-state index in [4.69, 9.17) is 8.92 Å². The van der Waals surface area contributed by atoms with Gasteiger partial charge < -0.3 is 4.74 Å². The van der Waals surface area contributed by atoms with Crippen LogP contribution in [0.3, 0.4) is 0 Å². The Morgan fingerprint density at radius 1 is 1.42 bits per heavy atom. The predicted molar refractivity (Wildman–Crippen MR) is 51.0 cm³/mol. The fraction of sp³-hybridized carbons (Fsp3) is 0.875. The first kappa shape index (κ1) is 11.8. The van der Waals surface area contributed by atoms with E-state index in [1.165, 1.54) is 0 Å². The van der Waals surface area contributed by atoms with Crippen molar-refractivity contribution in [3.63, 3.8) is 0 Å². The summed E-state index contributed by atoms with van der Waals surface area (Å²) in [6.07, 6.45) is 4.25. The first-order valence-electron chi connectivity index (χ1n) is 3.92. The molecule has 0 aromatic carbocycles. The molecule has 0 amide bonds. The fourth-order valence-electron chi connectivity index (χ4n) is 0.613. The Morgan fingerprint density at radius 3 is 2.42 bits per heavy atom. The average Bonchev–Trinajstić information content (AvgIpc) is 1.84. The molecule has 0 aromatic heterocycles. The van der Waals surface area contributed by atoms with Gasteiger partial charge in [-0.2, -0.15) is 4.18 Å². The molecule has 0 unspecified atom stereocenters. The lowest BCUT2D eigenvalue weighted by atomic mass is 10.4. The smallest absolute Gasteiger partial charge is 0.308 e. The van der Waals surface area contributed by atoms with Crippen molar-refractivity contribution in [2.45, 2.75) is 26.4 Å². The average molecular weight is 193 g/mol. The third kappa shape index (κ3) is 7.88. The highest BCUT2D eigenvalue weighted by atomic mass is 32.2. The van der Waals surface area contributed by atoms with Gasteiger partial charge in [0.05, 0.1) is 12.5 Å². The van der Waals surface area contributed by atoms with Crippen LogP contribution in [-0.2, 0) is 24.9 Å². The van der Waals surface area contributed by atoms with Gasteiger partial charge in [0, 0.05) is 0 Å². The summed E-state index contributed by atoms with van der Waals surface area (Å²) in [7, 11) is 0. The molecule has 0 aliphatic heterocycles. The molecule has 12 heavy (non-hydrogen) atoms. The van der Waals surface area contributed by atoms with E-state index in [1.807, 2.05) is 26.4 Å². The molecular formula is C8H17O3S+. The first-order valence-corrected chi connectivity index (χ1v) is 5.89. The molecule has 0 aliphatic rings. The number of rotatable bonds is 5. The number of carbonyl (C=O) groups excluding carboxylic acids is 1. The van der Waals surface area contributed by atoms with Crippen LogP contribution in [0.5, 0.6) is 0 Å². The molecule has 4 heteroatoms. The highest BCUT2D eigenvalue weighted by Gasteiger charge is 2.08. The lowest BCUT2D eigenvalue weighted by molar-refractivity contribution is -0.147. The van der Waals surface area contributed by atoms with Gasteiger partial charge in [-0.3, -0.25) is 4.79 Å². The van der Waals surface area contributed by atoms with Gasteiger partial charge in [0.25, 0.3) is 0 Å². The topological polar surface area (TPSA) is 35.5 Å². The summed E-state index contributed by atoms with van der Waals surface area (Å²) < 4.78 is 10.1. The van der Waals surface area contributed by atoms with Crippen molar-refractivity contribution in [2.75, 3.05) is 19.1 Å². The van der Waals surface area contributed by atoms with Crippen LogP contribution in [0.4, 0.5) is 0 Å². The van der Waals surface area contributed by atoms with Crippen LogP contribution in [0.15, 0.2) is 0 Å². The number of hydrogen-bond acceptors (Lipinski definition) is 3. The van der Waals surface area contributed by atoms with E-state index in [-0.39, 0.29) is 23.2 Å². The zero-order valence-electron chi connectivity index (χ0n) is 8.12. The van der Waals surface area contributed by atoms with Gasteiger partial charge in [0.15, 0.2) is 0 Å². The van der Waals surface area contributed by atoms with E-state index < -0.39 is 0 Å². The molecule has 0 N–H and O–H groups in total. The summed E-state index contributed by atoms with van der Waals surface area (Å²) in [4.78, 5) is 10.9. The number of esters is 1. The Morgan fingerprint density at radius 2 is 2.00 bits per heavy atom. The summed E-state index contributed by atoms with van der Waals surface area (Å²) in [5.74, 6) is -0.185. The van der Waals surface area contributed by atoms with Crippen molar-refractivity contribution in [1.29, 1.82) is 0 Å². The Bertz CT molecular complexity index is 134. The number of carbonyl (C=O) groups is 1. The summed E-state index contributed by atoms with van der Waals surface area (Å²) in [6.45, 7) is 4.13. The van der Waals surface area contributed by atoms with Crippen molar-refractivity contribution >= 4 is 17.1 Å². The van der Waals surface area contributed by atoms with E-state index in [1.54, 1.807) is 0 Å². The lowest BCUT2D eigenvalue weighted by Gasteiger charge is -2.06. The van der Waals surface area contributed by atoms with Gasteiger partial charge in [-0.1, -0.05) is 0 Å². The van der Waals surface area contributed by atoms with Crippen LogP contribution in [0.25, 0.3) is 0 Å². The van der Waals surface area contributed by atoms with Crippen molar-refractivity contribution in [3.05, 3.63) is 0 Å². The summed E-state index contributed by atoms with van der Waals surface area (Å²) in [5.41, 5.74) is 0.